The van der Waals surface area contributed by atoms with Crippen molar-refractivity contribution in [3.63, 3.8) is 0 Å². The van der Waals surface area contributed by atoms with Crippen LogP contribution in [0.1, 0.15) is 27.1 Å². The van der Waals surface area contributed by atoms with Crippen molar-refractivity contribution in [2.75, 3.05) is 13.4 Å². The molecule has 1 aromatic heterocycles. The van der Waals surface area contributed by atoms with Crippen LogP contribution in [0, 0.1) is 0 Å². The van der Waals surface area contributed by atoms with Gasteiger partial charge in [-0.2, -0.15) is 4.99 Å². The summed E-state index contributed by atoms with van der Waals surface area (Å²) in [5.74, 6) is -0.0458. The highest BCUT2D eigenvalue weighted by Crippen LogP contribution is 2.32. The molecule has 0 atom stereocenters. The van der Waals surface area contributed by atoms with Crippen LogP contribution in [-0.2, 0) is 4.74 Å². The van der Waals surface area contributed by atoms with Gasteiger partial charge >= 0.3 is 5.97 Å². The van der Waals surface area contributed by atoms with Crippen molar-refractivity contribution in [1.29, 1.82) is 0 Å². The number of fused-ring (bicyclic) bond motifs is 1. The van der Waals surface area contributed by atoms with Gasteiger partial charge < -0.3 is 14.2 Å². The number of carbonyl (C=O) groups excluding carboxylic acids is 2. The molecule has 3 aromatic rings. The summed E-state index contributed by atoms with van der Waals surface area (Å²) >= 11 is 6.90. The van der Waals surface area contributed by atoms with Crippen molar-refractivity contribution >= 4 is 34.8 Å². The number of ether oxygens (including phenoxy) is 3. The van der Waals surface area contributed by atoms with Gasteiger partial charge in [0.2, 0.25) is 16.6 Å². The number of rotatable bonds is 4. The van der Waals surface area contributed by atoms with Crippen LogP contribution in [0.5, 0.6) is 11.5 Å². The maximum atomic E-state index is 12.7. The second-order valence-corrected chi connectivity index (χ2v) is 7.18. The molecule has 0 saturated heterocycles. The molecule has 0 N–H and O–H groups in total. The normalized spacial score (nSPS) is 12.8. The van der Waals surface area contributed by atoms with E-state index < -0.39 is 11.9 Å². The lowest BCUT2D eigenvalue weighted by atomic mass is 10.2. The van der Waals surface area contributed by atoms with E-state index in [1.807, 2.05) is 0 Å². The summed E-state index contributed by atoms with van der Waals surface area (Å²) in [5.41, 5.74) is 0.918. The highest BCUT2D eigenvalue weighted by molar-refractivity contribution is 7.10. The van der Waals surface area contributed by atoms with Gasteiger partial charge in [-0.3, -0.25) is 4.79 Å². The van der Waals surface area contributed by atoms with Crippen LogP contribution in [0.2, 0.25) is 5.02 Å². The van der Waals surface area contributed by atoms with Crippen molar-refractivity contribution in [3.05, 3.63) is 62.9 Å². The summed E-state index contributed by atoms with van der Waals surface area (Å²) in [6.07, 6.45) is 0. The topological polar surface area (TPSA) is 92.0 Å². The molecule has 2 aromatic carbocycles. The van der Waals surface area contributed by atoms with Crippen LogP contribution >= 0.6 is 22.9 Å². The highest BCUT2D eigenvalue weighted by atomic mass is 35.5. The van der Waals surface area contributed by atoms with Crippen molar-refractivity contribution in [1.82, 2.24) is 9.78 Å². The van der Waals surface area contributed by atoms with Gasteiger partial charge in [0.25, 0.3) is 5.91 Å². The molecule has 0 aliphatic carbocycles. The van der Waals surface area contributed by atoms with Gasteiger partial charge in [-0.05, 0) is 49.4 Å². The first-order chi connectivity index (χ1) is 14.0. The van der Waals surface area contributed by atoms with Crippen LogP contribution in [0.3, 0.4) is 0 Å². The van der Waals surface area contributed by atoms with E-state index in [1.54, 1.807) is 49.4 Å². The molecule has 1 aliphatic heterocycles. The molecule has 1 aliphatic rings. The third-order valence-electron chi connectivity index (χ3n) is 3.90. The van der Waals surface area contributed by atoms with Crippen molar-refractivity contribution in [2.24, 2.45) is 4.99 Å². The highest BCUT2D eigenvalue weighted by Gasteiger charge is 2.18. The fourth-order valence-corrected chi connectivity index (χ4v) is 3.49. The van der Waals surface area contributed by atoms with Crippen LogP contribution in [0.15, 0.2) is 47.5 Å². The number of hydrogen-bond acceptors (Lipinski definition) is 7. The molecule has 148 valence electrons. The predicted octanol–water partition coefficient (Wildman–Crippen LogP) is 3.23. The van der Waals surface area contributed by atoms with Gasteiger partial charge in [0.15, 0.2) is 11.5 Å². The Morgan fingerprint density at radius 1 is 1.21 bits per heavy atom. The minimum atomic E-state index is -0.586. The quantitative estimate of drug-likeness (QED) is 0.589. The maximum Gasteiger partial charge on any atom is 0.369 e. The third-order valence-corrected chi connectivity index (χ3v) is 5.04. The van der Waals surface area contributed by atoms with Gasteiger partial charge in [-0.25, -0.2) is 9.48 Å². The number of hydrogen-bond donors (Lipinski definition) is 0. The van der Waals surface area contributed by atoms with E-state index in [2.05, 4.69) is 10.1 Å². The van der Waals surface area contributed by atoms with E-state index in [1.165, 1.54) is 4.68 Å². The number of nitrogens with zero attached hydrogens (tertiary/aromatic N) is 3. The summed E-state index contributed by atoms with van der Waals surface area (Å²) < 4.78 is 17.0. The summed E-state index contributed by atoms with van der Waals surface area (Å²) in [6, 6.07) is 11.6. The van der Waals surface area contributed by atoms with E-state index >= 15 is 0 Å². The Balaban J connectivity index is 1.77. The monoisotopic (exact) mass is 431 g/mol. The second kappa shape index (κ2) is 8.06. The Morgan fingerprint density at radius 2 is 1.97 bits per heavy atom. The molecule has 0 spiro atoms. The van der Waals surface area contributed by atoms with Gasteiger partial charge in [-0.15, -0.1) is 5.10 Å². The Hall–Kier alpha value is -3.17. The van der Waals surface area contributed by atoms with Crippen molar-refractivity contribution in [3.8, 4) is 17.2 Å². The van der Waals surface area contributed by atoms with E-state index in [-0.39, 0.29) is 23.2 Å². The molecular formula is C19H14ClN3O5S. The summed E-state index contributed by atoms with van der Waals surface area (Å²) in [7, 11) is 0. The first-order valence-corrected chi connectivity index (χ1v) is 9.76. The van der Waals surface area contributed by atoms with Crippen LogP contribution in [0.4, 0.5) is 0 Å². The third kappa shape index (κ3) is 4.01. The molecule has 0 fully saturated rings. The zero-order valence-corrected chi connectivity index (χ0v) is 16.7. The number of amides is 1. The fourth-order valence-electron chi connectivity index (χ4n) is 2.56. The van der Waals surface area contributed by atoms with E-state index in [4.69, 9.17) is 25.8 Å². The molecule has 0 unspecified atom stereocenters. The van der Waals surface area contributed by atoms with Gasteiger partial charge in [0.05, 0.1) is 12.3 Å². The number of aromatic nitrogens is 2. The Morgan fingerprint density at radius 3 is 2.72 bits per heavy atom. The number of carbonyl (C=O) groups is 2. The van der Waals surface area contributed by atoms with Gasteiger partial charge in [0, 0.05) is 10.6 Å². The summed E-state index contributed by atoms with van der Waals surface area (Å²) in [5, 5.41) is 4.89. The van der Waals surface area contributed by atoms with Crippen molar-refractivity contribution in [2.45, 2.75) is 6.92 Å². The minimum Gasteiger partial charge on any atom is -0.461 e. The molecule has 0 bridgehead atoms. The fraction of sp³-hybridized carbons (Fsp3) is 0.158. The van der Waals surface area contributed by atoms with E-state index in [0.29, 0.717) is 27.8 Å². The molecule has 10 heteroatoms. The molecule has 0 saturated carbocycles. The molecule has 1 amide bonds. The Bertz CT molecular complexity index is 1150. The van der Waals surface area contributed by atoms with Crippen molar-refractivity contribution < 1.29 is 23.8 Å². The van der Waals surface area contributed by atoms with Gasteiger partial charge in [0.1, 0.15) is 0 Å². The molecule has 4 rings (SSSR count). The molecular weight excluding hydrogens is 418 g/mol. The number of esters is 1. The molecule has 8 nitrogen and oxygen atoms in total. The Labute approximate surface area is 173 Å². The lowest BCUT2D eigenvalue weighted by molar-refractivity contribution is 0.0524. The van der Waals surface area contributed by atoms with Gasteiger partial charge in [-0.1, -0.05) is 22.9 Å². The van der Waals surface area contributed by atoms with E-state index in [0.717, 1.165) is 11.3 Å². The molecule has 29 heavy (non-hydrogen) atoms. The standard InChI is InChI=1S/C19H14ClN3O5S/c1-2-26-18(25)17-22-23(13-6-4-12(20)5-7-13)19(29-17)21-16(24)11-3-8-14-15(9-11)28-10-27-14/h3-9H,2,10H2,1H3. The average Bonchev–Trinajstić information content (AvgIpc) is 3.35. The first kappa shape index (κ1) is 19.2. The zero-order valence-electron chi connectivity index (χ0n) is 15.1. The average molecular weight is 432 g/mol. The minimum absolute atomic E-state index is 0.0824. The molecule has 0 radical (unpaired) electrons. The smallest absolute Gasteiger partial charge is 0.369 e. The number of benzene rings is 2. The molecule has 2 heterocycles. The second-order valence-electron chi connectivity index (χ2n) is 5.78. The largest absolute Gasteiger partial charge is 0.461 e. The number of halogens is 1. The Kier molecular flexibility index (Phi) is 5.32. The predicted molar refractivity (Wildman–Crippen MR) is 105 cm³/mol. The SMILES string of the molecule is CCOC(=O)c1nn(-c2ccc(Cl)cc2)c(=NC(=O)c2ccc3c(c2)OCO3)s1. The summed E-state index contributed by atoms with van der Waals surface area (Å²) in [6.45, 7) is 2.02. The van der Waals surface area contributed by atoms with E-state index in [9.17, 15) is 9.59 Å². The lowest BCUT2D eigenvalue weighted by Crippen LogP contribution is -2.16. The van der Waals surface area contributed by atoms with Crippen LogP contribution in [0.25, 0.3) is 5.69 Å². The van der Waals surface area contributed by atoms with Crippen LogP contribution in [-0.4, -0.2) is 35.1 Å². The lowest BCUT2D eigenvalue weighted by Gasteiger charge is -2.01. The first-order valence-electron chi connectivity index (χ1n) is 8.57. The summed E-state index contributed by atoms with van der Waals surface area (Å²) in [4.78, 5) is 29.2. The van der Waals surface area contributed by atoms with Crippen LogP contribution < -0.4 is 14.3 Å². The zero-order chi connectivity index (χ0) is 20.4. The maximum absolute atomic E-state index is 12.7.